The van der Waals surface area contributed by atoms with Crippen LogP contribution < -0.4 is 0 Å². The van der Waals surface area contributed by atoms with Gasteiger partial charge in [-0.2, -0.15) is 0 Å². The summed E-state index contributed by atoms with van der Waals surface area (Å²) in [4.78, 5) is 14.9. The van der Waals surface area contributed by atoms with Gasteiger partial charge in [0.15, 0.2) is 0 Å². The number of rotatable bonds is 28. The molecule has 4 heteroatoms. The lowest BCUT2D eigenvalue weighted by Gasteiger charge is -2.22. The van der Waals surface area contributed by atoms with Gasteiger partial charge >= 0.3 is 5.97 Å². The monoisotopic (exact) mass is 497 g/mol. The molecule has 0 aromatic rings. The topological polar surface area (TPSA) is 49.8 Å². The highest BCUT2D eigenvalue weighted by Crippen LogP contribution is 2.20. The van der Waals surface area contributed by atoms with Gasteiger partial charge in [-0.1, -0.05) is 97.8 Å². The molecule has 0 aliphatic heterocycles. The zero-order chi connectivity index (χ0) is 25.8. The van der Waals surface area contributed by atoms with E-state index in [9.17, 15) is 4.79 Å². The van der Waals surface area contributed by atoms with Crippen molar-refractivity contribution in [1.29, 1.82) is 0 Å². The summed E-state index contributed by atoms with van der Waals surface area (Å²) in [5.74, 6) is 0.568. The summed E-state index contributed by atoms with van der Waals surface area (Å²) in [7, 11) is 0. The molecule has 0 aliphatic carbocycles. The smallest absolute Gasteiger partial charge is 0.305 e. The number of carbonyl (C=O) groups excluding carboxylic acids is 1. The Morgan fingerprint density at radius 1 is 0.629 bits per heavy atom. The SMILES string of the molecule is CCCCCCCCC(CCCCCC)COC(=O)CCCCCN(CCCC)CCCCCO. The standard InChI is InChI=1S/C31H63NO3/c1-4-7-10-12-13-17-23-30(22-16-11-8-5-2)29-35-31(34)24-18-14-19-26-32(25-9-6-3)27-20-15-21-28-33/h30,33H,4-29H2,1-3H3. The van der Waals surface area contributed by atoms with Crippen LogP contribution in [0.25, 0.3) is 0 Å². The minimum Gasteiger partial charge on any atom is -0.465 e. The predicted octanol–water partition coefficient (Wildman–Crippen LogP) is 8.69. The van der Waals surface area contributed by atoms with E-state index in [2.05, 4.69) is 25.7 Å². The normalized spacial score (nSPS) is 12.4. The zero-order valence-corrected chi connectivity index (χ0v) is 24.2. The highest BCUT2D eigenvalue weighted by Gasteiger charge is 2.12. The molecule has 1 N–H and O–H groups in total. The van der Waals surface area contributed by atoms with E-state index in [1.807, 2.05) is 0 Å². The Bertz CT molecular complexity index is 429. The quantitative estimate of drug-likeness (QED) is 0.0867. The Morgan fingerprint density at radius 3 is 1.71 bits per heavy atom. The molecule has 0 aromatic carbocycles. The van der Waals surface area contributed by atoms with Crippen molar-refractivity contribution in [2.24, 2.45) is 5.92 Å². The van der Waals surface area contributed by atoms with Crippen LogP contribution in [0.4, 0.5) is 0 Å². The minimum absolute atomic E-state index is 0.0124. The van der Waals surface area contributed by atoms with Crippen molar-refractivity contribution in [1.82, 2.24) is 4.90 Å². The maximum Gasteiger partial charge on any atom is 0.305 e. The third-order valence-corrected chi connectivity index (χ3v) is 7.23. The van der Waals surface area contributed by atoms with Crippen LogP contribution in [0.1, 0.15) is 156 Å². The molecule has 1 atom stereocenters. The molecule has 0 bridgehead atoms. The molecule has 1 unspecified atom stereocenters. The van der Waals surface area contributed by atoms with E-state index < -0.39 is 0 Å². The van der Waals surface area contributed by atoms with Crippen LogP contribution in [0.3, 0.4) is 0 Å². The van der Waals surface area contributed by atoms with Crippen LogP contribution in [0.15, 0.2) is 0 Å². The molecular weight excluding hydrogens is 434 g/mol. The number of carbonyl (C=O) groups is 1. The van der Waals surface area contributed by atoms with Gasteiger partial charge in [-0.25, -0.2) is 0 Å². The van der Waals surface area contributed by atoms with Crippen molar-refractivity contribution in [3.63, 3.8) is 0 Å². The van der Waals surface area contributed by atoms with Gasteiger partial charge in [0.05, 0.1) is 6.61 Å². The average Bonchev–Trinajstić information content (AvgIpc) is 2.86. The molecule has 0 saturated heterocycles. The summed E-state index contributed by atoms with van der Waals surface area (Å²) in [6, 6.07) is 0. The zero-order valence-electron chi connectivity index (χ0n) is 24.2. The van der Waals surface area contributed by atoms with E-state index in [4.69, 9.17) is 9.84 Å². The van der Waals surface area contributed by atoms with Gasteiger partial charge in [-0.15, -0.1) is 0 Å². The first-order chi connectivity index (χ1) is 17.2. The first-order valence-corrected chi connectivity index (χ1v) is 15.7. The number of esters is 1. The van der Waals surface area contributed by atoms with Crippen LogP contribution in [0.2, 0.25) is 0 Å². The van der Waals surface area contributed by atoms with Gasteiger partial charge in [0, 0.05) is 13.0 Å². The van der Waals surface area contributed by atoms with E-state index in [0.717, 1.165) is 45.2 Å². The lowest BCUT2D eigenvalue weighted by Crippen LogP contribution is -2.27. The molecule has 0 rings (SSSR count). The summed E-state index contributed by atoms with van der Waals surface area (Å²) in [5, 5.41) is 8.97. The summed E-state index contributed by atoms with van der Waals surface area (Å²) in [5.41, 5.74) is 0. The van der Waals surface area contributed by atoms with Gasteiger partial charge in [0.1, 0.15) is 0 Å². The number of hydrogen-bond donors (Lipinski definition) is 1. The second-order valence-corrected chi connectivity index (χ2v) is 10.7. The molecule has 0 aliphatic rings. The van der Waals surface area contributed by atoms with Crippen molar-refractivity contribution in [3.8, 4) is 0 Å². The highest BCUT2D eigenvalue weighted by molar-refractivity contribution is 5.69. The molecule has 4 nitrogen and oxygen atoms in total. The Hall–Kier alpha value is -0.610. The lowest BCUT2D eigenvalue weighted by atomic mass is 9.95. The fraction of sp³-hybridized carbons (Fsp3) is 0.968. The van der Waals surface area contributed by atoms with E-state index in [0.29, 0.717) is 25.6 Å². The molecule has 0 saturated carbocycles. The van der Waals surface area contributed by atoms with Gasteiger partial charge < -0.3 is 14.7 Å². The van der Waals surface area contributed by atoms with E-state index in [-0.39, 0.29) is 5.97 Å². The maximum absolute atomic E-state index is 12.4. The third-order valence-electron chi connectivity index (χ3n) is 7.23. The van der Waals surface area contributed by atoms with Gasteiger partial charge in [0.2, 0.25) is 0 Å². The minimum atomic E-state index is 0.0124. The Labute approximate surface area is 220 Å². The van der Waals surface area contributed by atoms with Crippen molar-refractivity contribution < 1.29 is 14.6 Å². The summed E-state index contributed by atoms with van der Waals surface area (Å²) in [6.45, 7) is 11.2. The van der Waals surface area contributed by atoms with Crippen molar-refractivity contribution >= 4 is 5.97 Å². The first-order valence-electron chi connectivity index (χ1n) is 15.7. The number of unbranched alkanes of at least 4 members (excludes halogenated alkanes) is 13. The Kier molecular flexibility index (Phi) is 27.5. The molecule has 0 amide bonds. The summed E-state index contributed by atoms with van der Waals surface area (Å²) in [6.07, 6.45) is 25.1. The second-order valence-electron chi connectivity index (χ2n) is 10.7. The van der Waals surface area contributed by atoms with Crippen LogP contribution >= 0.6 is 0 Å². The summed E-state index contributed by atoms with van der Waals surface area (Å²) < 4.78 is 5.74. The van der Waals surface area contributed by atoms with Crippen molar-refractivity contribution in [2.45, 2.75) is 156 Å². The second kappa shape index (κ2) is 28.0. The van der Waals surface area contributed by atoms with E-state index in [1.165, 1.54) is 103 Å². The lowest BCUT2D eigenvalue weighted by molar-refractivity contribution is -0.145. The first kappa shape index (κ1) is 34.4. The number of hydrogen-bond acceptors (Lipinski definition) is 4. The Morgan fingerprint density at radius 2 is 1.11 bits per heavy atom. The predicted molar refractivity (Wildman–Crippen MR) is 152 cm³/mol. The fourth-order valence-corrected chi connectivity index (χ4v) is 4.79. The largest absolute Gasteiger partial charge is 0.465 e. The number of aliphatic hydroxyl groups excluding tert-OH is 1. The highest BCUT2D eigenvalue weighted by atomic mass is 16.5. The molecule has 0 radical (unpaired) electrons. The molecule has 35 heavy (non-hydrogen) atoms. The van der Waals surface area contributed by atoms with Crippen LogP contribution in [0, 0.1) is 5.92 Å². The molecule has 0 aromatic heterocycles. The Balaban J connectivity index is 4.08. The van der Waals surface area contributed by atoms with Gasteiger partial charge in [-0.3, -0.25) is 4.79 Å². The molecule has 0 fully saturated rings. The van der Waals surface area contributed by atoms with Gasteiger partial charge in [-0.05, 0) is 76.9 Å². The van der Waals surface area contributed by atoms with E-state index in [1.54, 1.807) is 0 Å². The number of ether oxygens (including phenoxy) is 1. The van der Waals surface area contributed by atoms with Crippen LogP contribution in [-0.2, 0) is 9.53 Å². The molecule has 0 heterocycles. The van der Waals surface area contributed by atoms with Crippen molar-refractivity contribution in [2.75, 3.05) is 32.8 Å². The summed E-state index contributed by atoms with van der Waals surface area (Å²) >= 11 is 0. The van der Waals surface area contributed by atoms with Crippen molar-refractivity contribution in [3.05, 3.63) is 0 Å². The van der Waals surface area contributed by atoms with E-state index >= 15 is 0 Å². The van der Waals surface area contributed by atoms with Crippen LogP contribution in [0.5, 0.6) is 0 Å². The maximum atomic E-state index is 12.4. The van der Waals surface area contributed by atoms with Gasteiger partial charge in [0.25, 0.3) is 0 Å². The molecule has 0 spiro atoms. The van der Waals surface area contributed by atoms with Crippen LogP contribution in [-0.4, -0.2) is 48.8 Å². The third kappa shape index (κ3) is 24.8. The fourth-order valence-electron chi connectivity index (χ4n) is 4.79. The number of aliphatic hydroxyl groups is 1. The average molecular weight is 498 g/mol. The molecule has 210 valence electrons. The molecular formula is C31H63NO3. The number of nitrogens with zero attached hydrogens (tertiary/aromatic N) is 1.